The summed E-state index contributed by atoms with van der Waals surface area (Å²) in [7, 11) is 0. The SMILES string of the molecule is Fc1ccc(C2CCN(Cc3cnc(-c4ccco4)nc3)C2)cc1. The summed E-state index contributed by atoms with van der Waals surface area (Å²) in [6, 6.07) is 10.5. The molecule has 3 heterocycles. The van der Waals surface area contributed by atoms with Gasteiger partial charge in [0.1, 0.15) is 5.82 Å². The lowest BCUT2D eigenvalue weighted by atomic mass is 9.99. The molecule has 1 aliphatic heterocycles. The maximum atomic E-state index is 13.0. The van der Waals surface area contributed by atoms with Crippen molar-refractivity contribution < 1.29 is 8.81 Å². The lowest BCUT2D eigenvalue weighted by Crippen LogP contribution is -2.20. The standard InChI is InChI=1S/C19H18FN3O/c20-17-5-3-15(4-6-17)16-7-8-23(13-16)12-14-10-21-19(22-11-14)18-2-1-9-24-18/h1-6,9-11,16H,7-8,12-13H2. The summed E-state index contributed by atoms with van der Waals surface area (Å²) in [6.45, 7) is 2.84. The van der Waals surface area contributed by atoms with Crippen molar-refractivity contribution >= 4 is 0 Å². The fourth-order valence-corrected chi connectivity index (χ4v) is 3.21. The van der Waals surface area contributed by atoms with Crippen LogP contribution in [0.1, 0.15) is 23.5 Å². The molecular weight excluding hydrogens is 305 g/mol. The molecule has 122 valence electrons. The molecule has 1 aromatic carbocycles. The average Bonchev–Trinajstić information content (AvgIpc) is 3.28. The molecule has 0 aliphatic carbocycles. The van der Waals surface area contributed by atoms with E-state index in [1.165, 1.54) is 5.56 Å². The molecule has 1 unspecified atom stereocenters. The molecule has 1 atom stereocenters. The van der Waals surface area contributed by atoms with Crippen LogP contribution in [-0.4, -0.2) is 28.0 Å². The maximum Gasteiger partial charge on any atom is 0.195 e. The second-order valence-corrected chi connectivity index (χ2v) is 6.16. The largest absolute Gasteiger partial charge is 0.461 e. The second-order valence-electron chi connectivity index (χ2n) is 6.16. The van der Waals surface area contributed by atoms with Crippen molar-refractivity contribution in [2.24, 2.45) is 0 Å². The first-order chi connectivity index (χ1) is 11.8. The van der Waals surface area contributed by atoms with Crippen molar-refractivity contribution in [3.05, 3.63) is 72.0 Å². The van der Waals surface area contributed by atoms with Gasteiger partial charge in [-0.3, -0.25) is 4.90 Å². The number of aromatic nitrogens is 2. The molecule has 1 fully saturated rings. The van der Waals surface area contributed by atoms with Gasteiger partial charge in [-0.05, 0) is 48.7 Å². The third-order valence-corrected chi connectivity index (χ3v) is 4.47. The summed E-state index contributed by atoms with van der Waals surface area (Å²) < 4.78 is 18.3. The van der Waals surface area contributed by atoms with Gasteiger partial charge < -0.3 is 4.42 Å². The fraction of sp³-hybridized carbons (Fsp3) is 0.263. The van der Waals surface area contributed by atoms with Gasteiger partial charge in [-0.25, -0.2) is 14.4 Å². The number of likely N-dealkylation sites (tertiary alicyclic amines) is 1. The predicted molar refractivity (Wildman–Crippen MR) is 88.8 cm³/mol. The summed E-state index contributed by atoms with van der Waals surface area (Å²) >= 11 is 0. The van der Waals surface area contributed by atoms with Crippen LogP contribution in [0.25, 0.3) is 11.6 Å². The minimum Gasteiger partial charge on any atom is -0.461 e. The number of hydrogen-bond donors (Lipinski definition) is 0. The van der Waals surface area contributed by atoms with Gasteiger partial charge in [-0.1, -0.05) is 12.1 Å². The van der Waals surface area contributed by atoms with Crippen LogP contribution >= 0.6 is 0 Å². The summed E-state index contributed by atoms with van der Waals surface area (Å²) in [5.41, 5.74) is 2.30. The number of hydrogen-bond acceptors (Lipinski definition) is 4. The van der Waals surface area contributed by atoms with Crippen LogP contribution in [0.15, 0.2) is 59.5 Å². The first-order valence-electron chi connectivity index (χ1n) is 8.10. The smallest absolute Gasteiger partial charge is 0.195 e. The van der Waals surface area contributed by atoms with Crippen LogP contribution < -0.4 is 0 Å². The molecule has 0 bridgehead atoms. The maximum absolute atomic E-state index is 13.0. The van der Waals surface area contributed by atoms with Gasteiger partial charge in [0.25, 0.3) is 0 Å². The predicted octanol–water partition coefficient (Wildman–Crippen LogP) is 3.87. The zero-order valence-corrected chi connectivity index (χ0v) is 13.2. The van der Waals surface area contributed by atoms with Crippen LogP contribution in [0.2, 0.25) is 0 Å². The van der Waals surface area contributed by atoms with Gasteiger partial charge in [0, 0.05) is 31.0 Å². The molecule has 0 spiro atoms. The molecular formula is C19H18FN3O. The first-order valence-corrected chi connectivity index (χ1v) is 8.10. The Bertz CT molecular complexity index is 784. The van der Waals surface area contributed by atoms with Crippen LogP contribution in [0.3, 0.4) is 0 Å². The number of nitrogens with zero attached hydrogens (tertiary/aromatic N) is 3. The highest BCUT2D eigenvalue weighted by Crippen LogP contribution is 2.28. The highest BCUT2D eigenvalue weighted by molar-refractivity contribution is 5.45. The third kappa shape index (κ3) is 3.21. The van der Waals surface area contributed by atoms with E-state index in [1.54, 1.807) is 18.4 Å². The Labute approximate surface area is 140 Å². The highest BCUT2D eigenvalue weighted by atomic mass is 19.1. The summed E-state index contributed by atoms with van der Waals surface area (Å²) in [5.74, 6) is 1.57. The number of furan rings is 1. The van der Waals surface area contributed by atoms with Crippen LogP contribution in [0, 0.1) is 5.82 Å². The molecule has 4 rings (SSSR count). The zero-order chi connectivity index (χ0) is 16.4. The minimum atomic E-state index is -0.178. The molecule has 0 saturated carbocycles. The third-order valence-electron chi connectivity index (χ3n) is 4.47. The van der Waals surface area contributed by atoms with Gasteiger partial charge in [-0.2, -0.15) is 0 Å². The molecule has 2 aromatic heterocycles. The Morgan fingerprint density at radius 3 is 2.62 bits per heavy atom. The van der Waals surface area contributed by atoms with Crippen LogP contribution in [0.4, 0.5) is 4.39 Å². The molecule has 0 N–H and O–H groups in total. The first kappa shape index (κ1) is 15.0. The van der Waals surface area contributed by atoms with E-state index < -0.39 is 0 Å². The van der Waals surface area contributed by atoms with Crippen molar-refractivity contribution in [3.8, 4) is 11.6 Å². The molecule has 1 aliphatic rings. The van der Waals surface area contributed by atoms with Gasteiger partial charge in [-0.15, -0.1) is 0 Å². The zero-order valence-electron chi connectivity index (χ0n) is 13.2. The Balaban J connectivity index is 1.38. The van der Waals surface area contributed by atoms with Gasteiger partial charge in [0.05, 0.1) is 6.26 Å². The van der Waals surface area contributed by atoms with E-state index in [2.05, 4.69) is 14.9 Å². The molecule has 0 amide bonds. The molecule has 3 aromatic rings. The number of rotatable bonds is 4. The van der Waals surface area contributed by atoms with Gasteiger partial charge >= 0.3 is 0 Å². The Morgan fingerprint density at radius 2 is 1.92 bits per heavy atom. The van der Waals surface area contributed by atoms with E-state index in [9.17, 15) is 4.39 Å². The van der Waals surface area contributed by atoms with E-state index in [0.29, 0.717) is 17.5 Å². The van der Waals surface area contributed by atoms with Gasteiger partial charge in [0.2, 0.25) is 0 Å². The molecule has 4 nitrogen and oxygen atoms in total. The van der Waals surface area contributed by atoms with Crippen molar-refractivity contribution in [1.82, 2.24) is 14.9 Å². The van der Waals surface area contributed by atoms with E-state index in [-0.39, 0.29) is 5.82 Å². The van der Waals surface area contributed by atoms with Crippen molar-refractivity contribution in [2.45, 2.75) is 18.9 Å². The monoisotopic (exact) mass is 323 g/mol. The number of benzene rings is 1. The van der Waals surface area contributed by atoms with Crippen molar-refractivity contribution in [1.29, 1.82) is 0 Å². The summed E-state index contributed by atoms with van der Waals surface area (Å²) in [5, 5.41) is 0. The summed E-state index contributed by atoms with van der Waals surface area (Å²) in [6.07, 6.45) is 6.43. The molecule has 5 heteroatoms. The fourth-order valence-electron chi connectivity index (χ4n) is 3.21. The topological polar surface area (TPSA) is 42.2 Å². The normalized spacial score (nSPS) is 18.1. The average molecular weight is 323 g/mol. The lowest BCUT2D eigenvalue weighted by Gasteiger charge is -2.16. The van der Waals surface area contributed by atoms with Gasteiger partial charge in [0.15, 0.2) is 11.6 Å². The molecule has 24 heavy (non-hydrogen) atoms. The van der Waals surface area contributed by atoms with Crippen LogP contribution in [0.5, 0.6) is 0 Å². The van der Waals surface area contributed by atoms with Crippen LogP contribution in [-0.2, 0) is 6.54 Å². The highest BCUT2D eigenvalue weighted by Gasteiger charge is 2.24. The van der Waals surface area contributed by atoms with Crippen molar-refractivity contribution in [2.75, 3.05) is 13.1 Å². The van der Waals surface area contributed by atoms with E-state index in [4.69, 9.17) is 4.42 Å². The number of halogens is 1. The quantitative estimate of drug-likeness (QED) is 0.731. The lowest BCUT2D eigenvalue weighted by molar-refractivity contribution is 0.326. The minimum absolute atomic E-state index is 0.178. The summed E-state index contributed by atoms with van der Waals surface area (Å²) in [4.78, 5) is 11.1. The molecule has 0 radical (unpaired) electrons. The molecule has 1 saturated heterocycles. The van der Waals surface area contributed by atoms with E-state index in [1.807, 2.05) is 36.7 Å². The van der Waals surface area contributed by atoms with E-state index in [0.717, 1.165) is 31.6 Å². The Kier molecular flexibility index (Phi) is 4.09. The Morgan fingerprint density at radius 1 is 1.12 bits per heavy atom. The second kappa shape index (κ2) is 6.53. The van der Waals surface area contributed by atoms with Crippen molar-refractivity contribution in [3.63, 3.8) is 0 Å². The Hall–Kier alpha value is -2.53. The van der Waals surface area contributed by atoms with E-state index >= 15 is 0 Å².